The molecule has 1 atom stereocenters. The molecule has 1 saturated heterocycles. The van der Waals surface area contributed by atoms with E-state index in [0.717, 1.165) is 3.57 Å². The Morgan fingerprint density at radius 3 is 3.21 bits per heavy atom. The first-order chi connectivity index (χ1) is 9.06. The molecule has 8 heteroatoms. The molecule has 0 bridgehead atoms. The molecule has 1 aliphatic heterocycles. The van der Waals surface area contributed by atoms with Crippen molar-refractivity contribution in [3.63, 3.8) is 0 Å². The summed E-state index contributed by atoms with van der Waals surface area (Å²) in [6.07, 6.45) is 0.342. The van der Waals surface area contributed by atoms with Gasteiger partial charge in [-0.25, -0.2) is 9.78 Å². The summed E-state index contributed by atoms with van der Waals surface area (Å²) in [6.45, 7) is 1.37. The summed E-state index contributed by atoms with van der Waals surface area (Å²) in [5.74, 6) is 0.612. The number of carbonyl (C=O) groups is 1. The molecule has 0 aliphatic carbocycles. The van der Waals surface area contributed by atoms with Crippen LogP contribution in [0.25, 0.3) is 0 Å². The lowest BCUT2D eigenvalue weighted by atomic mass is 10.3. The van der Waals surface area contributed by atoms with Crippen LogP contribution < -0.4 is 4.74 Å². The molecule has 1 amide bonds. The van der Waals surface area contributed by atoms with Gasteiger partial charge in [0.1, 0.15) is 17.9 Å². The molecule has 19 heavy (non-hydrogen) atoms. The predicted octanol–water partition coefficient (Wildman–Crippen LogP) is 2.10. The number of ether oxygens (including phenoxy) is 2. The van der Waals surface area contributed by atoms with Crippen LogP contribution in [0.4, 0.5) is 4.79 Å². The number of pyridine rings is 1. The molecule has 6 nitrogen and oxygen atoms in total. The molecule has 0 spiro atoms. The Balaban J connectivity index is 1.89. The Hall–Kier alpha value is -0.800. The van der Waals surface area contributed by atoms with Crippen molar-refractivity contribution in [1.29, 1.82) is 0 Å². The number of carboxylic acid groups (broad SMARTS) is 1. The van der Waals surface area contributed by atoms with Crippen molar-refractivity contribution in [1.82, 2.24) is 9.88 Å². The van der Waals surface area contributed by atoms with Gasteiger partial charge in [0, 0.05) is 6.54 Å². The van der Waals surface area contributed by atoms with Gasteiger partial charge < -0.3 is 19.5 Å². The van der Waals surface area contributed by atoms with E-state index in [4.69, 9.17) is 26.2 Å². The maximum atomic E-state index is 10.9. The molecular weight excluding hydrogens is 386 g/mol. The van der Waals surface area contributed by atoms with Gasteiger partial charge in [0.15, 0.2) is 5.75 Å². The summed E-state index contributed by atoms with van der Waals surface area (Å²) >= 11 is 7.85. The molecule has 2 rings (SSSR count). The van der Waals surface area contributed by atoms with Crippen LogP contribution in [-0.2, 0) is 4.74 Å². The topological polar surface area (TPSA) is 71.9 Å². The van der Waals surface area contributed by atoms with Crippen LogP contribution in [0.3, 0.4) is 0 Å². The zero-order valence-electron chi connectivity index (χ0n) is 9.88. The van der Waals surface area contributed by atoms with Gasteiger partial charge >= 0.3 is 6.09 Å². The average Bonchev–Trinajstić information content (AvgIpc) is 2.38. The van der Waals surface area contributed by atoms with Gasteiger partial charge in [0.25, 0.3) is 0 Å². The molecule has 0 unspecified atom stereocenters. The number of aromatic nitrogens is 1. The Morgan fingerprint density at radius 1 is 1.74 bits per heavy atom. The number of halogens is 2. The highest BCUT2D eigenvalue weighted by Gasteiger charge is 2.24. The summed E-state index contributed by atoms with van der Waals surface area (Å²) in [7, 11) is 0. The zero-order valence-corrected chi connectivity index (χ0v) is 12.8. The number of nitrogens with zero attached hydrogens (tertiary/aromatic N) is 2. The molecule has 1 aromatic heterocycles. The lowest BCUT2D eigenvalue weighted by Gasteiger charge is -2.30. The van der Waals surface area contributed by atoms with Gasteiger partial charge in [0.2, 0.25) is 0 Å². The minimum absolute atomic E-state index is 0.267. The first kappa shape index (κ1) is 14.6. The minimum atomic E-state index is -0.934. The number of morpholine rings is 1. The molecule has 1 aromatic rings. The van der Waals surface area contributed by atoms with Gasteiger partial charge in [-0.05, 0) is 28.7 Å². The second kappa shape index (κ2) is 6.58. The van der Waals surface area contributed by atoms with Gasteiger partial charge in [-0.1, -0.05) is 11.6 Å². The SMILES string of the molecule is O=C(O)N1CCO[C@H](COc2cnc(Cl)cc2I)C1. The van der Waals surface area contributed by atoms with E-state index >= 15 is 0 Å². The van der Waals surface area contributed by atoms with Crippen LogP contribution in [0.2, 0.25) is 5.15 Å². The molecule has 1 N–H and O–H groups in total. The van der Waals surface area contributed by atoms with E-state index in [1.54, 1.807) is 12.3 Å². The first-order valence-corrected chi connectivity index (χ1v) is 7.05. The van der Waals surface area contributed by atoms with Crippen molar-refractivity contribution < 1.29 is 19.4 Å². The highest BCUT2D eigenvalue weighted by molar-refractivity contribution is 14.1. The monoisotopic (exact) mass is 398 g/mol. The second-order valence-corrected chi connectivity index (χ2v) is 5.52. The average molecular weight is 399 g/mol. The second-order valence-electron chi connectivity index (χ2n) is 3.97. The Labute approximate surface area is 128 Å². The van der Waals surface area contributed by atoms with Crippen molar-refractivity contribution in [3.05, 3.63) is 21.0 Å². The predicted molar refractivity (Wildman–Crippen MR) is 76.8 cm³/mol. The maximum absolute atomic E-state index is 10.9. The van der Waals surface area contributed by atoms with E-state index in [9.17, 15) is 4.79 Å². The summed E-state index contributed by atoms with van der Waals surface area (Å²) in [5, 5.41) is 9.32. The van der Waals surface area contributed by atoms with E-state index in [2.05, 4.69) is 27.6 Å². The molecular formula is C11H12ClIN2O4. The smallest absolute Gasteiger partial charge is 0.407 e. The normalized spacial score (nSPS) is 19.3. The molecule has 1 aliphatic rings. The third-order valence-electron chi connectivity index (χ3n) is 2.62. The van der Waals surface area contributed by atoms with Crippen molar-refractivity contribution in [2.45, 2.75) is 6.10 Å². The minimum Gasteiger partial charge on any atom is -0.488 e. The van der Waals surface area contributed by atoms with Crippen LogP contribution in [0.1, 0.15) is 0 Å². The van der Waals surface area contributed by atoms with Crippen molar-refractivity contribution in [2.24, 2.45) is 0 Å². The van der Waals surface area contributed by atoms with E-state index in [0.29, 0.717) is 30.6 Å². The number of hydrogen-bond acceptors (Lipinski definition) is 4. The fraction of sp³-hybridized carbons (Fsp3) is 0.455. The van der Waals surface area contributed by atoms with Crippen molar-refractivity contribution in [3.8, 4) is 5.75 Å². The molecule has 104 valence electrons. The van der Waals surface area contributed by atoms with Crippen LogP contribution in [0.15, 0.2) is 12.3 Å². The van der Waals surface area contributed by atoms with Crippen molar-refractivity contribution in [2.75, 3.05) is 26.3 Å². The fourth-order valence-electron chi connectivity index (χ4n) is 1.68. The standard InChI is InChI=1S/C11H12ClIN2O4/c12-10-3-8(13)9(4-14-10)19-6-7-5-15(11(16)17)1-2-18-7/h3-4,7H,1-2,5-6H2,(H,16,17)/t7-/m0/s1. The van der Waals surface area contributed by atoms with Gasteiger partial charge in [0.05, 0.1) is 22.9 Å². The first-order valence-electron chi connectivity index (χ1n) is 5.59. The lowest BCUT2D eigenvalue weighted by Crippen LogP contribution is -2.47. The van der Waals surface area contributed by atoms with Gasteiger partial charge in [-0.15, -0.1) is 0 Å². The lowest BCUT2D eigenvalue weighted by molar-refractivity contribution is -0.0413. The number of hydrogen-bond donors (Lipinski definition) is 1. The molecule has 0 radical (unpaired) electrons. The third-order valence-corrected chi connectivity index (χ3v) is 3.67. The largest absolute Gasteiger partial charge is 0.488 e. The van der Waals surface area contributed by atoms with Gasteiger partial charge in [-0.3, -0.25) is 0 Å². The van der Waals surface area contributed by atoms with Crippen LogP contribution in [0.5, 0.6) is 5.75 Å². The Kier molecular flexibility index (Phi) is 5.06. The van der Waals surface area contributed by atoms with E-state index in [1.165, 1.54) is 4.90 Å². The number of rotatable bonds is 3. The maximum Gasteiger partial charge on any atom is 0.407 e. The summed E-state index contributed by atoms with van der Waals surface area (Å²) in [5.41, 5.74) is 0. The summed E-state index contributed by atoms with van der Waals surface area (Å²) < 4.78 is 11.9. The number of amides is 1. The summed E-state index contributed by atoms with van der Waals surface area (Å²) in [6, 6.07) is 1.70. The quantitative estimate of drug-likeness (QED) is 0.624. The van der Waals surface area contributed by atoms with Crippen LogP contribution in [-0.4, -0.2) is 53.5 Å². The van der Waals surface area contributed by atoms with Crippen molar-refractivity contribution >= 4 is 40.3 Å². The Morgan fingerprint density at radius 2 is 2.53 bits per heavy atom. The molecule has 1 fully saturated rings. The molecule has 2 heterocycles. The highest BCUT2D eigenvalue weighted by atomic mass is 127. The molecule has 0 saturated carbocycles. The van der Waals surface area contributed by atoms with E-state index in [-0.39, 0.29) is 12.7 Å². The highest BCUT2D eigenvalue weighted by Crippen LogP contribution is 2.22. The third kappa shape index (κ3) is 4.08. The van der Waals surface area contributed by atoms with Crippen LogP contribution in [0, 0.1) is 3.57 Å². The van der Waals surface area contributed by atoms with E-state index < -0.39 is 6.09 Å². The zero-order chi connectivity index (χ0) is 13.8. The summed E-state index contributed by atoms with van der Waals surface area (Å²) in [4.78, 5) is 16.1. The van der Waals surface area contributed by atoms with E-state index in [1.807, 2.05) is 0 Å². The molecule has 0 aromatic carbocycles. The Bertz CT molecular complexity index is 474. The fourth-order valence-corrected chi connectivity index (χ4v) is 2.61. The van der Waals surface area contributed by atoms with Crippen LogP contribution >= 0.6 is 34.2 Å². The van der Waals surface area contributed by atoms with Gasteiger partial charge in [-0.2, -0.15) is 0 Å².